The number of aryl methyl sites for hydroxylation is 1. The summed E-state index contributed by atoms with van der Waals surface area (Å²) in [5.74, 6) is 2.00. The van der Waals surface area contributed by atoms with Gasteiger partial charge in [-0.05, 0) is 18.4 Å². The molecule has 0 aromatic carbocycles. The molecule has 4 nitrogen and oxygen atoms in total. The molecule has 0 amide bonds. The Kier molecular flexibility index (Phi) is 4.05. The van der Waals surface area contributed by atoms with Crippen molar-refractivity contribution >= 4 is 38.7 Å². The monoisotopic (exact) mass is 345 g/mol. The predicted molar refractivity (Wildman–Crippen MR) is 98.9 cm³/mol. The molecule has 0 aliphatic carbocycles. The van der Waals surface area contributed by atoms with E-state index in [1.165, 1.54) is 35.3 Å². The molecule has 6 heteroatoms. The summed E-state index contributed by atoms with van der Waals surface area (Å²) in [6, 6.07) is 4.30. The van der Waals surface area contributed by atoms with Gasteiger partial charge in [-0.15, -0.1) is 22.7 Å². The third-order valence-corrected chi connectivity index (χ3v) is 6.23. The minimum absolute atomic E-state index is 0.872. The van der Waals surface area contributed by atoms with Gasteiger partial charge in [0, 0.05) is 28.8 Å². The number of nitrogens with one attached hydrogen (secondary N) is 1. The summed E-state index contributed by atoms with van der Waals surface area (Å²) in [7, 11) is 2.28. The van der Waals surface area contributed by atoms with E-state index in [1.807, 2.05) is 6.92 Å². The van der Waals surface area contributed by atoms with Crippen LogP contribution in [0.5, 0.6) is 0 Å². The second-order valence-corrected chi connectivity index (χ2v) is 8.00. The van der Waals surface area contributed by atoms with Crippen LogP contribution in [0.15, 0.2) is 22.9 Å². The van der Waals surface area contributed by atoms with Gasteiger partial charge in [-0.2, -0.15) is 0 Å². The number of thiophene rings is 2. The molecule has 0 saturated carbocycles. The first kappa shape index (κ1) is 15.1. The number of rotatable bonds is 2. The van der Waals surface area contributed by atoms with E-state index in [0.717, 1.165) is 29.6 Å². The summed E-state index contributed by atoms with van der Waals surface area (Å²) >= 11 is 3.52. The zero-order chi connectivity index (χ0) is 15.8. The van der Waals surface area contributed by atoms with E-state index in [-0.39, 0.29) is 0 Å². The Bertz CT molecular complexity index is 809. The maximum absolute atomic E-state index is 4.85. The molecule has 1 unspecified atom stereocenters. The molecule has 1 aliphatic rings. The first-order valence-electron chi connectivity index (χ1n) is 8.08. The van der Waals surface area contributed by atoms with E-state index in [9.17, 15) is 0 Å². The summed E-state index contributed by atoms with van der Waals surface area (Å²) in [5.41, 5.74) is 1.29. The Balaban J connectivity index is 1.86. The van der Waals surface area contributed by atoms with E-state index in [4.69, 9.17) is 4.98 Å². The number of hydrogen-bond donors (Lipinski definition) is 1. The van der Waals surface area contributed by atoms with Crippen molar-refractivity contribution in [1.29, 1.82) is 0 Å². The normalized spacial score (nSPS) is 19.2. The molecule has 3 aromatic rings. The summed E-state index contributed by atoms with van der Waals surface area (Å²) in [6.07, 6.45) is 1.22. The summed E-state index contributed by atoms with van der Waals surface area (Å²) in [4.78, 5) is 16.0. The van der Waals surface area contributed by atoms with Crippen molar-refractivity contribution in [3.05, 3.63) is 28.7 Å². The molecule has 23 heavy (non-hydrogen) atoms. The minimum Gasteiger partial charge on any atom is -0.350 e. The molecule has 0 spiro atoms. The average molecular weight is 346 g/mol. The lowest BCUT2D eigenvalue weighted by Gasteiger charge is -2.22. The molecule has 4 heterocycles. The van der Waals surface area contributed by atoms with E-state index in [1.54, 1.807) is 27.6 Å². The van der Waals surface area contributed by atoms with Gasteiger partial charge in [-0.25, -0.2) is 9.97 Å². The van der Waals surface area contributed by atoms with E-state index in [2.05, 4.69) is 39.8 Å². The number of fused-ring (bicyclic) bond motifs is 1. The second-order valence-electron chi connectivity index (χ2n) is 6.20. The molecule has 1 saturated heterocycles. The van der Waals surface area contributed by atoms with Crippen molar-refractivity contribution in [2.75, 3.05) is 38.1 Å². The highest BCUT2D eigenvalue weighted by atomic mass is 32.1. The van der Waals surface area contributed by atoms with Gasteiger partial charge in [0.25, 0.3) is 0 Å². The Morgan fingerprint density at radius 2 is 2.09 bits per heavy atom. The number of anilines is 1. The molecule has 1 N–H and O–H groups in total. The van der Waals surface area contributed by atoms with Crippen LogP contribution in [0.25, 0.3) is 20.7 Å². The summed E-state index contributed by atoms with van der Waals surface area (Å²) in [6.45, 7) is 6.57. The lowest BCUT2D eigenvalue weighted by atomic mass is 10.2. The maximum atomic E-state index is 4.85. The van der Waals surface area contributed by atoms with Crippen molar-refractivity contribution in [3.8, 4) is 10.4 Å². The fraction of sp³-hybridized carbons (Fsp3) is 0.412. The van der Waals surface area contributed by atoms with Gasteiger partial charge in [-0.3, -0.25) is 0 Å². The van der Waals surface area contributed by atoms with Gasteiger partial charge in [0.15, 0.2) is 0 Å². The van der Waals surface area contributed by atoms with Crippen LogP contribution in [-0.2, 0) is 0 Å². The van der Waals surface area contributed by atoms with Crippen molar-refractivity contribution in [3.63, 3.8) is 0 Å². The summed E-state index contributed by atoms with van der Waals surface area (Å²) < 4.78 is 0. The van der Waals surface area contributed by atoms with Crippen LogP contribution in [0.4, 0.5) is 5.82 Å². The summed E-state index contributed by atoms with van der Waals surface area (Å²) in [5, 5.41) is 5.61. The fourth-order valence-corrected chi connectivity index (χ4v) is 5.02. The van der Waals surface area contributed by atoms with Gasteiger partial charge < -0.3 is 9.80 Å². The lowest BCUT2D eigenvalue weighted by molar-refractivity contribution is -0.876. The zero-order valence-corrected chi connectivity index (χ0v) is 15.1. The number of nitrogens with zero attached hydrogens (tertiary/aromatic N) is 3. The van der Waals surface area contributed by atoms with Crippen LogP contribution in [0.3, 0.4) is 0 Å². The van der Waals surface area contributed by atoms with Crippen molar-refractivity contribution in [1.82, 2.24) is 9.97 Å². The highest BCUT2D eigenvalue weighted by molar-refractivity contribution is 7.18. The molecule has 1 aliphatic heterocycles. The van der Waals surface area contributed by atoms with Gasteiger partial charge in [-0.1, -0.05) is 6.07 Å². The van der Waals surface area contributed by atoms with Crippen molar-refractivity contribution < 1.29 is 4.90 Å². The number of likely N-dealkylation sites (N-methyl/N-ethyl adjacent to an activating group) is 1. The topological polar surface area (TPSA) is 33.5 Å². The SMILES string of the molecule is Cc1nc(N2CCC[NH+](C)CC2)c2c(-c3cccs3)csc2n1. The average Bonchev–Trinajstić information content (AvgIpc) is 3.14. The number of aromatic nitrogens is 2. The number of quaternary nitrogens is 1. The Labute approximate surface area is 144 Å². The van der Waals surface area contributed by atoms with Crippen LogP contribution < -0.4 is 9.80 Å². The fourth-order valence-electron chi connectivity index (χ4n) is 3.22. The smallest absolute Gasteiger partial charge is 0.141 e. The highest BCUT2D eigenvalue weighted by Crippen LogP contribution is 2.40. The van der Waals surface area contributed by atoms with Gasteiger partial charge >= 0.3 is 0 Å². The third-order valence-electron chi connectivity index (χ3n) is 4.45. The largest absolute Gasteiger partial charge is 0.350 e. The Morgan fingerprint density at radius 3 is 2.91 bits per heavy atom. The van der Waals surface area contributed by atoms with Gasteiger partial charge in [0.2, 0.25) is 0 Å². The molecule has 1 atom stereocenters. The molecular formula is C17H21N4S2+. The van der Waals surface area contributed by atoms with Gasteiger partial charge in [0.05, 0.1) is 32.1 Å². The zero-order valence-electron chi connectivity index (χ0n) is 13.5. The Morgan fingerprint density at radius 1 is 1.17 bits per heavy atom. The maximum Gasteiger partial charge on any atom is 0.141 e. The van der Waals surface area contributed by atoms with Crippen LogP contribution in [0, 0.1) is 6.92 Å². The first-order valence-corrected chi connectivity index (χ1v) is 9.84. The molecular weight excluding hydrogens is 324 g/mol. The highest BCUT2D eigenvalue weighted by Gasteiger charge is 2.22. The molecule has 120 valence electrons. The van der Waals surface area contributed by atoms with Crippen LogP contribution in [0.2, 0.25) is 0 Å². The third kappa shape index (κ3) is 2.86. The quantitative estimate of drug-likeness (QED) is 0.775. The molecule has 3 aromatic heterocycles. The molecule has 0 radical (unpaired) electrons. The minimum atomic E-state index is 0.872. The second kappa shape index (κ2) is 6.19. The molecule has 0 bridgehead atoms. The van der Waals surface area contributed by atoms with Crippen molar-refractivity contribution in [2.45, 2.75) is 13.3 Å². The van der Waals surface area contributed by atoms with E-state index in [0.29, 0.717) is 0 Å². The molecule has 1 fully saturated rings. The van der Waals surface area contributed by atoms with E-state index < -0.39 is 0 Å². The first-order chi connectivity index (χ1) is 11.2. The lowest BCUT2D eigenvalue weighted by Crippen LogP contribution is -3.09. The van der Waals surface area contributed by atoms with Crippen LogP contribution >= 0.6 is 22.7 Å². The van der Waals surface area contributed by atoms with Crippen LogP contribution in [-0.4, -0.2) is 43.2 Å². The predicted octanol–water partition coefficient (Wildman–Crippen LogP) is 2.45. The molecule has 4 rings (SSSR count). The van der Waals surface area contributed by atoms with E-state index >= 15 is 0 Å². The number of hydrogen-bond acceptors (Lipinski definition) is 5. The standard InChI is InChI=1S/C17H20N4S2/c1-12-18-16(21-7-4-6-20(2)8-9-21)15-13(11-23-17(15)19-12)14-5-3-10-22-14/h3,5,10-11H,4,6-9H2,1-2H3/p+1. The van der Waals surface area contributed by atoms with Crippen LogP contribution in [0.1, 0.15) is 12.2 Å². The van der Waals surface area contributed by atoms with Gasteiger partial charge in [0.1, 0.15) is 16.5 Å². The van der Waals surface area contributed by atoms with Crippen molar-refractivity contribution in [2.24, 2.45) is 0 Å². The Hall–Kier alpha value is -1.50.